The highest BCUT2D eigenvalue weighted by Gasteiger charge is 2.47. The Morgan fingerprint density at radius 1 is 1.54 bits per heavy atom. The molecule has 0 radical (unpaired) electrons. The third-order valence-electron chi connectivity index (χ3n) is 2.62. The number of hydrogen-bond donors (Lipinski definition) is 1. The molecule has 13 heavy (non-hydrogen) atoms. The number of ether oxygens (including phenoxy) is 1. The summed E-state index contributed by atoms with van der Waals surface area (Å²) in [5.41, 5.74) is -0.436. The normalized spacial score (nSPS) is 32.0. The van der Waals surface area contributed by atoms with Gasteiger partial charge in [-0.15, -0.1) is 0 Å². The summed E-state index contributed by atoms with van der Waals surface area (Å²) in [6.07, 6.45) is 1.42. The van der Waals surface area contributed by atoms with Crippen molar-refractivity contribution < 1.29 is 19.4 Å². The number of methoxy groups -OCH3 is 1. The molecule has 0 heterocycles. The highest BCUT2D eigenvalue weighted by atomic mass is 16.5. The molecule has 0 aromatic rings. The molecule has 74 valence electrons. The molecule has 0 atom stereocenters. The van der Waals surface area contributed by atoms with Crippen LogP contribution in [-0.2, 0) is 14.3 Å². The van der Waals surface area contributed by atoms with Crippen molar-refractivity contribution in [2.75, 3.05) is 7.11 Å². The highest BCUT2D eigenvalue weighted by molar-refractivity contribution is 5.78. The molecule has 1 rings (SSSR count). The van der Waals surface area contributed by atoms with Gasteiger partial charge in [-0.25, -0.2) is 0 Å². The van der Waals surface area contributed by atoms with E-state index >= 15 is 0 Å². The molecule has 0 bridgehead atoms. The smallest absolute Gasteiger partial charge is 0.311 e. The minimum atomic E-state index is -0.795. The second-order valence-electron chi connectivity index (χ2n) is 3.92. The number of carbonyl (C=O) groups is 2. The number of hydrogen-bond acceptors (Lipinski definition) is 3. The summed E-state index contributed by atoms with van der Waals surface area (Å²) in [6, 6.07) is 0. The van der Waals surface area contributed by atoms with E-state index in [9.17, 15) is 9.59 Å². The van der Waals surface area contributed by atoms with E-state index in [1.807, 2.05) is 6.92 Å². The van der Waals surface area contributed by atoms with Crippen molar-refractivity contribution in [3.05, 3.63) is 0 Å². The monoisotopic (exact) mass is 186 g/mol. The van der Waals surface area contributed by atoms with Gasteiger partial charge in [0.15, 0.2) is 0 Å². The van der Waals surface area contributed by atoms with Gasteiger partial charge in [-0.1, -0.05) is 0 Å². The fourth-order valence-electron chi connectivity index (χ4n) is 2.02. The van der Waals surface area contributed by atoms with E-state index in [4.69, 9.17) is 5.11 Å². The van der Waals surface area contributed by atoms with Crippen LogP contribution in [0.1, 0.15) is 26.2 Å². The van der Waals surface area contributed by atoms with Gasteiger partial charge in [0.05, 0.1) is 12.5 Å². The lowest BCUT2D eigenvalue weighted by atomic mass is 9.62. The summed E-state index contributed by atoms with van der Waals surface area (Å²) in [7, 11) is 1.36. The molecule has 0 aromatic heterocycles. The molecule has 1 N–H and O–H groups in total. The van der Waals surface area contributed by atoms with Crippen molar-refractivity contribution in [2.45, 2.75) is 26.2 Å². The van der Waals surface area contributed by atoms with E-state index in [0.29, 0.717) is 12.8 Å². The Morgan fingerprint density at radius 2 is 2.08 bits per heavy atom. The first-order chi connectivity index (χ1) is 5.98. The highest BCUT2D eigenvalue weighted by Crippen LogP contribution is 2.47. The van der Waals surface area contributed by atoms with Gasteiger partial charge in [-0.2, -0.15) is 0 Å². The summed E-state index contributed by atoms with van der Waals surface area (Å²) < 4.78 is 4.62. The molecule has 0 unspecified atom stereocenters. The van der Waals surface area contributed by atoms with Gasteiger partial charge in [-0.3, -0.25) is 9.59 Å². The number of carboxylic acids is 1. The maximum Gasteiger partial charge on any atom is 0.311 e. The minimum absolute atomic E-state index is 0.140. The summed E-state index contributed by atoms with van der Waals surface area (Å²) in [5, 5.41) is 8.50. The van der Waals surface area contributed by atoms with Crippen molar-refractivity contribution in [3.63, 3.8) is 0 Å². The Morgan fingerprint density at radius 3 is 2.46 bits per heavy atom. The number of esters is 1. The largest absolute Gasteiger partial charge is 0.481 e. The van der Waals surface area contributed by atoms with Crippen LogP contribution < -0.4 is 0 Å². The average Bonchev–Trinajstić information content (AvgIpc) is 1.99. The van der Waals surface area contributed by atoms with Crippen molar-refractivity contribution in [3.8, 4) is 0 Å². The number of carboxylic acid groups (broad SMARTS) is 1. The van der Waals surface area contributed by atoms with E-state index in [2.05, 4.69) is 4.74 Å². The van der Waals surface area contributed by atoms with Crippen LogP contribution in [0.4, 0.5) is 0 Å². The Labute approximate surface area is 76.9 Å². The number of rotatable bonds is 3. The van der Waals surface area contributed by atoms with Crippen LogP contribution in [0.15, 0.2) is 0 Å². The van der Waals surface area contributed by atoms with Crippen molar-refractivity contribution in [1.82, 2.24) is 0 Å². The van der Waals surface area contributed by atoms with Gasteiger partial charge in [0.2, 0.25) is 0 Å². The lowest BCUT2D eigenvalue weighted by molar-refractivity contribution is -0.162. The summed E-state index contributed by atoms with van der Waals surface area (Å²) in [4.78, 5) is 21.5. The van der Waals surface area contributed by atoms with E-state index in [1.165, 1.54) is 7.11 Å². The average molecular weight is 186 g/mol. The van der Waals surface area contributed by atoms with Gasteiger partial charge in [0.25, 0.3) is 0 Å². The summed E-state index contributed by atoms with van der Waals surface area (Å²) >= 11 is 0. The van der Waals surface area contributed by atoms with Crippen LogP contribution in [0.25, 0.3) is 0 Å². The predicted octanol–water partition coefficient (Wildman–Crippen LogP) is 1.05. The van der Waals surface area contributed by atoms with Gasteiger partial charge in [0, 0.05) is 6.42 Å². The molecule has 1 saturated carbocycles. The topological polar surface area (TPSA) is 63.6 Å². The van der Waals surface area contributed by atoms with E-state index in [1.54, 1.807) is 0 Å². The molecule has 4 nitrogen and oxygen atoms in total. The van der Waals surface area contributed by atoms with E-state index in [0.717, 1.165) is 0 Å². The number of aliphatic carboxylic acids is 1. The molecule has 1 fully saturated rings. The van der Waals surface area contributed by atoms with Gasteiger partial charge in [-0.05, 0) is 25.7 Å². The lowest BCUT2D eigenvalue weighted by Crippen LogP contribution is -2.42. The zero-order valence-corrected chi connectivity index (χ0v) is 7.87. The van der Waals surface area contributed by atoms with E-state index < -0.39 is 11.4 Å². The standard InChI is InChI=1S/C9H14O4/c1-9(8(12)13-2)4-6(5-9)3-7(10)11/h6H,3-5H2,1-2H3,(H,10,11). The second kappa shape index (κ2) is 3.36. The molecule has 1 aliphatic carbocycles. The zero-order chi connectivity index (χ0) is 10.1. The molecule has 1 aliphatic rings. The van der Waals surface area contributed by atoms with Crippen LogP contribution in [0, 0.1) is 11.3 Å². The zero-order valence-electron chi connectivity index (χ0n) is 7.87. The fraction of sp³-hybridized carbons (Fsp3) is 0.778. The molecule has 0 aromatic carbocycles. The molecule has 0 amide bonds. The molecule has 0 spiro atoms. The van der Waals surface area contributed by atoms with Crippen LogP contribution >= 0.6 is 0 Å². The van der Waals surface area contributed by atoms with Gasteiger partial charge in [0.1, 0.15) is 0 Å². The third kappa shape index (κ3) is 1.99. The Balaban J connectivity index is 2.38. The molecular weight excluding hydrogens is 172 g/mol. The van der Waals surface area contributed by atoms with Crippen LogP contribution in [0.3, 0.4) is 0 Å². The van der Waals surface area contributed by atoms with Crippen LogP contribution in [0.5, 0.6) is 0 Å². The summed E-state index contributed by atoms with van der Waals surface area (Å²) in [6.45, 7) is 1.82. The quantitative estimate of drug-likeness (QED) is 0.669. The van der Waals surface area contributed by atoms with E-state index in [-0.39, 0.29) is 18.3 Å². The second-order valence-corrected chi connectivity index (χ2v) is 3.92. The third-order valence-corrected chi connectivity index (χ3v) is 2.62. The van der Waals surface area contributed by atoms with Crippen LogP contribution in [0.2, 0.25) is 0 Å². The van der Waals surface area contributed by atoms with Crippen molar-refractivity contribution in [1.29, 1.82) is 0 Å². The first kappa shape index (κ1) is 10.0. The Kier molecular flexibility index (Phi) is 2.59. The molecule has 0 aliphatic heterocycles. The van der Waals surface area contributed by atoms with Gasteiger partial charge < -0.3 is 9.84 Å². The lowest BCUT2D eigenvalue weighted by Gasteiger charge is -2.41. The minimum Gasteiger partial charge on any atom is -0.481 e. The van der Waals surface area contributed by atoms with Gasteiger partial charge >= 0.3 is 11.9 Å². The molecule has 0 saturated heterocycles. The predicted molar refractivity (Wildman–Crippen MR) is 45.1 cm³/mol. The molecular formula is C9H14O4. The number of carbonyl (C=O) groups excluding carboxylic acids is 1. The Bertz CT molecular complexity index is 228. The maximum absolute atomic E-state index is 11.2. The van der Waals surface area contributed by atoms with Crippen molar-refractivity contribution >= 4 is 11.9 Å². The first-order valence-corrected chi connectivity index (χ1v) is 4.28. The Hall–Kier alpha value is -1.06. The summed E-state index contributed by atoms with van der Waals surface area (Å²) in [5.74, 6) is -0.882. The van der Waals surface area contributed by atoms with Crippen molar-refractivity contribution in [2.24, 2.45) is 11.3 Å². The SMILES string of the molecule is COC(=O)C1(C)CC(CC(=O)O)C1. The maximum atomic E-state index is 11.2. The molecule has 4 heteroatoms. The first-order valence-electron chi connectivity index (χ1n) is 4.28. The fourth-order valence-corrected chi connectivity index (χ4v) is 2.02. The van der Waals surface area contributed by atoms with Crippen LogP contribution in [-0.4, -0.2) is 24.2 Å².